The second-order valence-electron chi connectivity index (χ2n) is 7.37. The van der Waals surface area contributed by atoms with E-state index in [1.807, 2.05) is 0 Å². The molecular weight excluding hydrogens is 446 g/mol. The van der Waals surface area contributed by atoms with Gasteiger partial charge in [0.1, 0.15) is 11.9 Å². The molecule has 0 radical (unpaired) electrons. The zero-order valence-corrected chi connectivity index (χ0v) is 17.5. The van der Waals surface area contributed by atoms with Gasteiger partial charge in [-0.1, -0.05) is 43.3 Å². The average molecular weight is 465 g/mol. The summed E-state index contributed by atoms with van der Waals surface area (Å²) in [6.45, 7) is 2.91. The van der Waals surface area contributed by atoms with Crippen LogP contribution in [0.15, 0.2) is 53.1 Å². The van der Waals surface area contributed by atoms with Gasteiger partial charge in [0.25, 0.3) is 11.8 Å². The zero-order valence-electron chi connectivity index (χ0n) is 17.5. The largest absolute Gasteiger partial charge is 0.454 e. The van der Waals surface area contributed by atoms with Crippen LogP contribution < -0.4 is 5.32 Å². The van der Waals surface area contributed by atoms with Crippen LogP contribution in [0, 0.1) is 11.7 Å². The number of hydrogen-bond donors (Lipinski definition) is 1. The van der Waals surface area contributed by atoms with Crippen LogP contribution in [0.3, 0.4) is 0 Å². The highest BCUT2D eigenvalue weighted by atomic mass is 19.4. The highest BCUT2D eigenvalue weighted by molar-refractivity contribution is 5.97. The number of esters is 1. The van der Waals surface area contributed by atoms with E-state index < -0.39 is 42.1 Å². The van der Waals surface area contributed by atoms with Crippen LogP contribution in [0.1, 0.15) is 35.7 Å². The number of hydrogen-bond acceptors (Lipinski definition) is 6. The fourth-order valence-corrected chi connectivity index (χ4v) is 2.82. The number of amides is 1. The van der Waals surface area contributed by atoms with Crippen molar-refractivity contribution >= 4 is 11.9 Å². The molecule has 7 nitrogen and oxygen atoms in total. The van der Waals surface area contributed by atoms with Crippen LogP contribution in [0.2, 0.25) is 0 Å². The van der Waals surface area contributed by atoms with Crippen LogP contribution in [0.25, 0.3) is 11.4 Å². The first-order valence-electron chi connectivity index (χ1n) is 9.78. The molecule has 1 amide bonds. The van der Waals surface area contributed by atoms with Gasteiger partial charge in [-0.2, -0.15) is 18.2 Å². The van der Waals surface area contributed by atoms with Gasteiger partial charge in [0, 0.05) is 5.56 Å². The van der Waals surface area contributed by atoms with Crippen molar-refractivity contribution in [1.29, 1.82) is 0 Å². The molecule has 3 aromatic rings. The Labute approximate surface area is 185 Å². The maximum Gasteiger partial charge on any atom is 0.416 e. The minimum Gasteiger partial charge on any atom is -0.454 e. The lowest BCUT2D eigenvalue weighted by Crippen LogP contribution is -2.45. The second-order valence-corrected chi connectivity index (χ2v) is 7.37. The summed E-state index contributed by atoms with van der Waals surface area (Å²) in [5, 5.41) is 6.11. The van der Waals surface area contributed by atoms with Gasteiger partial charge in [-0.25, -0.2) is 9.18 Å². The van der Waals surface area contributed by atoms with Crippen LogP contribution >= 0.6 is 0 Å². The van der Waals surface area contributed by atoms with Crippen molar-refractivity contribution in [3.8, 4) is 11.4 Å². The molecule has 0 unspecified atom stereocenters. The van der Waals surface area contributed by atoms with Crippen molar-refractivity contribution in [2.45, 2.75) is 32.7 Å². The molecule has 1 atom stereocenters. The Morgan fingerprint density at radius 2 is 1.76 bits per heavy atom. The summed E-state index contributed by atoms with van der Waals surface area (Å²) in [6.07, 6.45) is -4.47. The van der Waals surface area contributed by atoms with E-state index in [4.69, 9.17) is 9.26 Å². The molecule has 3 rings (SSSR count). The van der Waals surface area contributed by atoms with Crippen molar-refractivity contribution in [2.24, 2.45) is 5.92 Å². The van der Waals surface area contributed by atoms with E-state index in [0.717, 1.165) is 18.2 Å². The van der Waals surface area contributed by atoms with E-state index in [1.165, 1.54) is 30.3 Å². The number of nitrogens with zero attached hydrogens (tertiary/aromatic N) is 2. The van der Waals surface area contributed by atoms with Crippen LogP contribution in [-0.2, 0) is 22.3 Å². The van der Waals surface area contributed by atoms with Gasteiger partial charge in [0.15, 0.2) is 6.61 Å². The average Bonchev–Trinajstić information content (AvgIpc) is 3.24. The van der Waals surface area contributed by atoms with Crippen molar-refractivity contribution in [1.82, 2.24) is 15.5 Å². The lowest BCUT2D eigenvalue weighted by molar-refractivity contribution is -0.149. The minimum atomic E-state index is -4.47. The Bertz CT molecular complexity index is 1130. The molecule has 174 valence electrons. The van der Waals surface area contributed by atoms with E-state index in [-0.39, 0.29) is 28.8 Å². The maximum atomic E-state index is 13.8. The summed E-state index contributed by atoms with van der Waals surface area (Å²) in [5.74, 6) is -2.76. The molecular formula is C22H19F4N3O4. The number of alkyl halides is 3. The zero-order chi connectivity index (χ0) is 24.2. The van der Waals surface area contributed by atoms with Gasteiger partial charge in [-0.3, -0.25) is 4.79 Å². The molecule has 0 aliphatic carbocycles. The molecule has 0 aliphatic heterocycles. The first-order chi connectivity index (χ1) is 15.6. The van der Waals surface area contributed by atoms with E-state index in [1.54, 1.807) is 13.8 Å². The number of rotatable bonds is 7. The van der Waals surface area contributed by atoms with E-state index in [2.05, 4.69) is 15.5 Å². The van der Waals surface area contributed by atoms with Gasteiger partial charge in [-0.05, 0) is 30.2 Å². The molecule has 0 fully saturated rings. The predicted molar refractivity (Wildman–Crippen MR) is 107 cm³/mol. The summed E-state index contributed by atoms with van der Waals surface area (Å²) < 4.78 is 62.0. The highest BCUT2D eigenvalue weighted by Gasteiger charge is 2.30. The molecule has 1 N–H and O–H groups in total. The molecule has 2 aromatic carbocycles. The van der Waals surface area contributed by atoms with Crippen molar-refractivity contribution in [3.63, 3.8) is 0 Å². The number of halogens is 4. The Morgan fingerprint density at radius 3 is 2.36 bits per heavy atom. The number of carbonyl (C=O) groups is 2. The fourth-order valence-electron chi connectivity index (χ4n) is 2.82. The molecule has 0 saturated carbocycles. The summed E-state index contributed by atoms with van der Waals surface area (Å²) in [6, 6.07) is 8.42. The van der Waals surface area contributed by atoms with Gasteiger partial charge < -0.3 is 14.6 Å². The molecule has 1 aromatic heterocycles. The van der Waals surface area contributed by atoms with Gasteiger partial charge >= 0.3 is 12.1 Å². The van der Waals surface area contributed by atoms with Gasteiger partial charge in [-0.15, -0.1) is 0 Å². The van der Waals surface area contributed by atoms with Gasteiger partial charge in [0.2, 0.25) is 5.82 Å². The summed E-state index contributed by atoms with van der Waals surface area (Å²) >= 11 is 0. The molecule has 0 aliphatic rings. The van der Waals surface area contributed by atoms with E-state index >= 15 is 0 Å². The number of aromatic nitrogens is 2. The van der Waals surface area contributed by atoms with Crippen molar-refractivity contribution in [2.75, 3.05) is 0 Å². The smallest absolute Gasteiger partial charge is 0.416 e. The van der Waals surface area contributed by atoms with Crippen molar-refractivity contribution < 1.29 is 36.4 Å². The number of ether oxygens (including phenoxy) is 1. The Balaban J connectivity index is 1.63. The molecule has 0 spiro atoms. The summed E-state index contributed by atoms with van der Waals surface area (Å²) in [7, 11) is 0. The van der Waals surface area contributed by atoms with Crippen LogP contribution in [0.4, 0.5) is 17.6 Å². The normalized spacial score (nSPS) is 12.5. The minimum absolute atomic E-state index is 0.0167. The van der Waals surface area contributed by atoms with Crippen LogP contribution in [0.5, 0.6) is 0 Å². The number of carbonyl (C=O) groups excluding carboxylic acids is 2. The monoisotopic (exact) mass is 465 g/mol. The predicted octanol–water partition coefficient (Wildman–Crippen LogP) is 4.39. The third-order valence-electron chi connectivity index (χ3n) is 4.60. The van der Waals surface area contributed by atoms with Crippen LogP contribution in [-0.4, -0.2) is 28.1 Å². The molecule has 11 heteroatoms. The lowest BCUT2D eigenvalue weighted by Gasteiger charge is -2.20. The molecule has 0 bridgehead atoms. The first-order valence-corrected chi connectivity index (χ1v) is 9.78. The number of benzene rings is 2. The third-order valence-corrected chi connectivity index (χ3v) is 4.60. The maximum absolute atomic E-state index is 13.8. The van der Waals surface area contributed by atoms with E-state index in [9.17, 15) is 27.2 Å². The Kier molecular flexibility index (Phi) is 7.10. The summed E-state index contributed by atoms with van der Waals surface area (Å²) in [5.41, 5.74) is -0.753. The lowest BCUT2D eigenvalue weighted by atomic mass is 10.0. The molecule has 1 heterocycles. The topological polar surface area (TPSA) is 94.3 Å². The second kappa shape index (κ2) is 9.80. The van der Waals surface area contributed by atoms with Gasteiger partial charge in [0.05, 0.1) is 11.1 Å². The third kappa shape index (κ3) is 5.93. The SMILES string of the molecule is CC(C)[C@H](NC(=O)c1ccccc1F)C(=O)OCc1nc(-c2ccc(C(F)(F)F)cc2)no1. The number of nitrogens with one attached hydrogen (secondary N) is 1. The summed E-state index contributed by atoms with van der Waals surface area (Å²) in [4.78, 5) is 28.8. The Hall–Kier alpha value is -3.76. The highest BCUT2D eigenvalue weighted by Crippen LogP contribution is 2.30. The van der Waals surface area contributed by atoms with E-state index in [0.29, 0.717) is 0 Å². The fraction of sp³-hybridized carbons (Fsp3) is 0.273. The first kappa shape index (κ1) is 23.9. The molecule has 0 saturated heterocycles. The quantitative estimate of drug-likeness (QED) is 0.411. The van der Waals surface area contributed by atoms with Crippen molar-refractivity contribution in [3.05, 3.63) is 71.4 Å². The Morgan fingerprint density at radius 1 is 1.09 bits per heavy atom. The molecule has 33 heavy (non-hydrogen) atoms. The standard InChI is InChI=1S/C22H19F4N3O4/c1-12(2)18(28-20(30)15-5-3-4-6-16(15)23)21(31)32-11-17-27-19(29-33-17)13-7-9-14(10-8-13)22(24,25)26/h3-10,12,18H,11H2,1-2H3,(H,28,30)/t18-/m0/s1.